The Balaban J connectivity index is 2.30. The van der Waals surface area contributed by atoms with Gasteiger partial charge in [0.05, 0.1) is 0 Å². The predicted octanol–water partition coefficient (Wildman–Crippen LogP) is 1.84. The first-order valence-electron chi connectivity index (χ1n) is 2.13. The number of hydrogen-bond donors (Lipinski definition) is 0. The van der Waals surface area contributed by atoms with Gasteiger partial charge in [0.2, 0.25) is 0 Å². The van der Waals surface area contributed by atoms with Crippen LogP contribution in [0.1, 0.15) is 6.42 Å². The third-order valence-corrected chi connectivity index (χ3v) is 1.56. The molecule has 0 N–H and O–H groups in total. The van der Waals surface area contributed by atoms with Crippen molar-refractivity contribution in [3.8, 4) is 0 Å². The number of rotatable bonds is 1. The SMILES string of the molecule is FC1(F)CC1C[S]. The average Bonchev–Trinajstić information content (AvgIpc) is 2.13. The summed E-state index contributed by atoms with van der Waals surface area (Å²) >= 11 is 4.41. The highest BCUT2D eigenvalue weighted by Crippen LogP contribution is 2.48. The van der Waals surface area contributed by atoms with Crippen LogP contribution in [-0.4, -0.2) is 11.7 Å². The summed E-state index contributed by atoms with van der Waals surface area (Å²) in [6.45, 7) is 0. The molecule has 0 nitrogen and oxygen atoms in total. The molecule has 1 saturated carbocycles. The van der Waals surface area contributed by atoms with E-state index < -0.39 is 11.8 Å². The molecule has 0 spiro atoms. The molecule has 1 radical (unpaired) electrons. The zero-order chi connectivity index (χ0) is 5.49. The molecule has 1 fully saturated rings. The molecule has 1 rings (SSSR count). The van der Waals surface area contributed by atoms with E-state index in [1.54, 1.807) is 0 Å². The Hall–Kier alpha value is 0.210. The summed E-state index contributed by atoms with van der Waals surface area (Å²) < 4.78 is 23.5. The fraction of sp³-hybridized carbons (Fsp3) is 1.00. The highest BCUT2D eigenvalue weighted by atomic mass is 32.1. The summed E-state index contributed by atoms with van der Waals surface area (Å²) in [5.74, 6) is -2.64. The van der Waals surface area contributed by atoms with Gasteiger partial charge < -0.3 is 0 Å². The molecule has 0 aromatic carbocycles. The van der Waals surface area contributed by atoms with Gasteiger partial charge in [0.15, 0.2) is 0 Å². The largest absolute Gasteiger partial charge is 0.252 e. The van der Waals surface area contributed by atoms with E-state index in [-0.39, 0.29) is 12.2 Å². The van der Waals surface area contributed by atoms with Crippen molar-refractivity contribution in [1.29, 1.82) is 0 Å². The van der Waals surface area contributed by atoms with Gasteiger partial charge in [-0.25, -0.2) is 8.78 Å². The van der Waals surface area contributed by atoms with Gasteiger partial charge in [-0.3, -0.25) is 0 Å². The second kappa shape index (κ2) is 1.34. The van der Waals surface area contributed by atoms with Crippen molar-refractivity contribution in [2.45, 2.75) is 12.3 Å². The smallest absolute Gasteiger partial charge is 0.207 e. The maximum atomic E-state index is 11.7. The van der Waals surface area contributed by atoms with E-state index in [1.807, 2.05) is 0 Å². The van der Waals surface area contributed by atoms with Crippen molar-refractivity contribution in [1.82, 2.24) is 0 Å². The first-order chi connectivity index (χ1) is 3.17. The van der Waals surface area contributed by atoms with Gasteiger partial charge in [-0.15, -0.1) is 0 Å². The van der Waals surface area contributed by atoms with Gasteiger partial charge in [-0.2, -0.15) is 0 Å². The summed E-state index contributed by atoms with van der Waals surface area (Å²) in [4.78, 5) is 0. The molecular weight excluding hydrogens is 118 g/mol. The van der Waals surface area contributed by atoms with Crippen LogP contribution in [0.25, 0.3) is 0 Å². The monoisotopic (exact) mass is 123 g/mol. The molecule has 1 atom stereocenters. The molecule has 0 aliphatic heterocycles. The van der Waals surface area contributed by atoms with Gasteiger partial charge in [0.1, 0.15) is 0 Å². The van der Waals surface area contributed by atoms with Gasteiger partial charge in [0.25, 0.3) is 5.92 Å². The Morgan fingerprint density at radius 2 is 2.14 bits per heavy atom. The van der Waals surface area contributed by atoms with Gasteiger partial charge in [-0.1, -0.05) is 12.6 Å². The number of alkyl halides is 2. The van der Waals surface area contributed by atoms with E-state index in [0.717, 1.165) is 0 Å². The summed E-state index contributed by atoms with van der Waals surface area (Å²) in [7, 11) is 0. The van der Waals surface area contributed by atoms with Gasteiger partial charge in [-0.05, 0) is 0 Å². The van der Waals surface area contributed by atoms with Crippen LogP contribution in [0.15, 0.2) is 0 Å². The van der Waals surface area contributed by atoms with Crippen LogP contribution >= 0.6 is 12.6 Å². The maximum Gasteiger partial charge on any atom is 0.252 e. The Bertz CT molecular complexity index is 81.8. The minimum atomic E-state index is -2.39. The van der Waals surface area contributed by atoms with E-state index in [0.29, 0.717) is 0 Å². The second-order valence-corrected chi connectivity index (χ2v) is 2.16. The normalized spacial score (nSPS) is 35.6. The topological polar surface area (TPSA) is 0 Å². The Morgan fingerprint density at radius 3 is 2.14 bits per heavy atom. The molecule has 0 amide bonds. The van der Waals surface area contributed by atoms with Crippen molar-refractivity contribution in [3.63, 3.8) is 0 Å². The van der Waals surface area contributed by atoms with Crippen LogP contribution in [0.4, 0.5) is 8.78 Å². The summed E-state index contributed by atoms with van der Waals surface area (Å²) in [6.07, 6.45) is 0.0243. The molecule has 0 bridgehead atoms. The van der Waals surface area contributed by atoms with Crippen LogP contribution in [0.2, 0.25) is 0 Å². The highest BCUT2D eigenvalue weighted by Gasteiger charge is 2.55. The minimum absolute atomic E-state index is 0.0243. The van der Waals surface area contributed by atoms with Gasteiger partial charge >= 0.3 is 0 Å². The number of halogens is 2. The lowest BCUT2D eigenvalue weighted by atomic mass is 10.5. The van der Waals surface area contributed by atoms with Crippen molar-refractivity contribution < 1.29 is 8.78 Å². The summed E-state index contributed by atoms with van der Waals surface area (Å²) in [5, 5.41) is 0. The van der Waals surface area contributed by atoms with E-state index in [9.17, 15) is 8.78 Å². The fourth-order valence-electron chi connectivity index (χ4n) is 0.450. The van der Waals surface area contributed by atoms with Crippen LogP contribution in [-0.2, 0) is 0 Å². The molecule has 0 saturated heterocycles. The quantitative estimate of drug-likeness (QED) is 0.499. The molecule has 3 heteroatoms. The van der Waals surface area contributed by atoms with Crippen molar-refractivity contribution in [2.24, 2.45) is 5.92 Å². The standard InChI is InChI=1S/C4H5F2S/c5-4(6)1-3(4)2-7/h3H,1-2H2. The molecule has 0 heterocycles. The third-order valence-electron chi connectivity index (χ3n) is 1.16. The van der Waals surface area contributed by atoms with Crippen LogP contribution in [0.5, 0.6) is 0 Å². The molecule has 0 aromatic rings. The van der Waals surface area contributed by atoms with Gasteiger partial charge in [0, 0.05) is 18.1 Å². The first kappa shape index (κ1) is 5.35. The Kier molecular flexibility index (Phi) is 1.02. The van der Waals surface area contributed by atoms with Crippen molar-refractivity contribution in [3.05, 3.63) is 0 Å². The highest BCUT2D eigenvalue weighted by molar-refractivity contribution is 7.80. The molecule has 1 unspecified atom stereocenters. The molecule has 1 aliphatic carbocycles. The molecule has 7 heavy (non-hydrogen) atoms. The summed E-state index contributed by atoms with van der Waals surface area (Å²) in [5.41, 5.74) is 0. The lowest BCUT2D eigenvalue weighted by Gasteiger charge is -1.86. The molecular formula is C4H5F2S. The van der Waals surface area contributed by atoms with E-state index in [4.69, 9.17) is 0 Å². The average molecular weight is 123 g/mol. The van der Waals surface area contributed by atoms with E-state index >= 15 is 0 Å². The van der Waals surface area contributed by atoms with Crippen LogP contribution in [0.3, 0.4) is 0 Å². The Morgan fingerprint density at radius 1 is 1.71 bits per heavy atom. The zero-order valence-corrected chi connectivity index (χ0v) is 4.47. The Labute approximate surface area is 46.3 Å². The molecule has 1 aliphatic rings. The lowest BCUT2D eigenvalue weighted by Crippen LogP contribution is -1.93. The van der Waals surface area contributed by atoms with Crippen molar-refractivity contribution >= 4 is 12.6 Å². The fourth-order valence-corrected chi connectivity index (χ4v) is 0.812. The predicted molar refractivity (Wildman–Crippen MR) is 25.5 cm³/mol. The maximum absolute atomic E-state index is 11.7. The summed E-state index contributed by atoms with van der Waals surface area (Å²) in [6, 6.07) is 0. The third kappa shape index (κ3) is 0.876. The van der Waals surface area contributed by atoms with E-state index in [2.05, 4.69) is 12.6 Å². The lowest BCUT2D eigenvalue weighted by molar-refractivity contribution is 0.103. The minimum Gasteiger partial charge on any atom is -0.207 e. The number of hydrogen-bond acceptors (Lipinski definition) is 0. The molecule has 0 aromatic heterocycles. The van der Waals surface area contributed by atoms with E-state index in [1.165, 1.54) is 0 Å². The first-order valence-corrected chi connectivity index (χ1v) is 2.70. The second-order valence-electron chi connectivity index (χ2n) is 1.83. The van der Waals surface area contributed by atoms with Crippen molar-refractivity contribution in [2.75, 3.05) is 5.75 Å². The van der Waals surface area contributed by atoms with Crippen LogP contribution in [0, 0.1) is 5.92 Å². The zero-order valence-electron chi connectivity index (χ0n) is 3.66. The van der Waals surface area contributed by atoms with Crippen LogP contribution < -0.4 is 0 Å². The molecule has 41 valence electrons.